The summed E-state index contributed by atoms with van der Waals surface area (Å²) in [4.78, 5) is 22.4. The average Bonchev–Trinajstić information content (AvgIpc) is 3.36. The molecule has 226 valence electrons. The van der Waals surface area contributed by atoms with E-state index in [4.69, 9.17) is 15.6 Å². The van der Waals surface area contributed by atoms with Crippen LogP contribution in [0.25, 0.3) is 0 Å². The quantitative estimate of drug-likeness (QED) is 0.218. The van der Waals surface area contributed by atoms with Gasteiger partial charge in [-0.1, -0.05) is 55.8 Å². The number of amidine groups is 1. The Hall–Kier alpha value is -3.46. The first-order valence-corrected chi connectivity index (χ1v) is 15.3. The molecule has 42 heavy (non-hydrogen) atoms. The second kappa shape index (κ2) is 15.1. The highest BCUT2D eigenvalue weighted by molar-refractivity contribution is 6.02. The smallest absolute Gasteiger partial charge is 0.251 e. The van der Waals surface area contributed by atoms with Gasteiger partial charge in [0.25, 0.3) is 5.91 Å². The summed E-state index contributed by atoms with van der Waals surface area (Å²) in [6, 6.07) is 18.0. The molecule has 2 heterocycles. The van der Waals surface area contributed by atoms with Crippen LogP contribution in [0.15, 0.2) is 82.6 Å². The predicted octanol–water partition coefficient (Wildman–Crippen LogP) is 5.46. The first-order valence-electron chi connectivity index (χ1n) is 15.3. The SMILES string of the molecule is CCCCC1N=C2C(=C(C)C(C)=CN2N)N1CCCCNC(=O)c1ccc(C(OCCN(C)C)c2ccccc2)cc1. The monoisotopic (exact) mass is 572 g/mol. The summed E-state index contributed by atoms with van der Waals surface area (Å²) in [7, 11) is 4.08. The second-order valence-electron chi connectivity index (χ2n) is 11.5. The standard InChI is InChI=1S/C34H48N6O2/c1-6-7-15-30-37-33-31(26(3)25(2)24-40(33)35)39(30)21-12-11-20-36-34(41)29-18-16-28(17-19-29)32(42-23-22-38(4)5)27-13-9-8-10-14-27/h8-10,13-14,16-19,24,30,32H,6-7,11-12,15,20-23,35H2,1-5H3,(H,36,41). The highest BCUT2D eigenvalue weighted by atomic mass is 16.5. The molecule has 8 heteroatoms. The number of likely N-dealkylation sites (N-methyl/N-ethyl adjacent to an activating group) is 1. The molecule has 8 nitrogen and oxygen atoms in total. The van der Waals surface area contributed by atoms with Gasteiger partial charge in [-0.05, 0) is 88.0 Å². The third kappa shape index (κ3) is 7.88. The summed E-state index contributed by atoms with van der Waals surface area (Å²) in [5.74, 6) is 7.10. The fourth-order valence-corrected chi connectivity index (χ4v) is 5.43. The molecule has 2 aliphatic rings. The van der Waals surface area contributed by atoms with Crippen LogP contribution >= 0.6 is 0 Å². The van der Waals surface area contributed by atoms with Crippen LogP contribution in [0.4, 0.5) is 0 Å². The maximum atomic E-state index is 12.9. The molecule has 0 spiro atoms. The largest absolute Gasteiger partial charge is 0.367 e. The number of benzene rings is 2. The van der Waals surface area contributed by atoms with Crippen molar-refractivity contribution in [2.24, 2.45) is 10.8 Å². The minimum atomic E-state index is -0.173. The third-order valence-electron chi connectivity index (χ3n) is 7.98. The van der Waals surface area contributed by atoms with Crippen LogP contribution in [0.5, 0.6) is 0 Å². The van der Waals surface area contributed by atoms with E-state index in [-0.39, 0.29) is 18.2 Å². The fourth-order valence-electron chi connectivity index (χ4n) is 5.43. The van der Waals surface area contributed by atoms with Gasteiger partial charge in [0.05, 0.1) is 12.3 Å². The van der Waals surface area contributed by atoms with Gasteiger partial charge in [0.2, 0.25) is 0 Å². The van der Waals surface area contributed by atoms with Gasteiger partial charge in [-0.25, -0.2) is 10.8 Å². The molecule has 0 aromatic heterocycles. The number of unbranched alkanes of at least 4 members (excludes halogenated alkanes) is 2. The number of carbonyl (C=O) groups excluding carboxylic acids is 1. The van der Waals surface area contributed by atoms with Gasteiger partial charge < -0.3 is 19.9 Å². The van der Waals surface area contributed by atoms with Crippen molar-refractivity contribution in [1.29, 1.82) is 0 Å². The average molecular weight is 573 g/mol. The molecule has 0 bridgehead atoms. The minimum Gasteiger partial charge on any atom is -0.367 e. The number of carbonyl (C=O) groups is 1. The molecule has 0 saturated carbocycles. The van der Waals surface area contributed by atoms with Crippen molar-refractivity contribution in [1.82, 2.24) is 20.1 Å². The van der Waals surface area contributed by atoms with Crippen LogP contribution in [-0.4, -0.2) is 73.1 Å². The number of aliphatic imine (C=N–C) groups is 1. The molecule has 3 N–H and O–H groups in total. The van der Waals surface area contributed by atoms with E-state index in [9.17, 15) is 4.79 Å². The van der Waals surface area contributed by atoms with Gasteiger partial charge in [0.1, 0.15) is 12.3 Å². The van der Waals surface area contributed by atoms with Crippen molar-refractivity contribution in [3.05, 3.63) is 94.3 Å². The number of nitrogens with zero attached hydrogens (tertiary/aromatic N) is 4. The van der Waals surface area contributed by atoms with Crippen molar-refractivity contribution in [2.45, 2.75) is 65.1 Å². The summed E-state index contributed by atoms with van der Waals surface area (Å²) in [5.41, 5.74) is 6.36. The Balaban J connectivity index is 1.30. The summed E-state index contributed by atoms with van der Waals surface area (Å²) < 4.78 is 6.27. The Morgan fingerprint density at radius 1 is 1.05 bits per heavy atom. The van der Waals surface area contributed by atoms with Gasteiger partial charge in [0, 0.05) is 31.4 Å². The summed E-state index contributed by atoms with van der Waals surface area (Å²) >= 11 is 0. The zero-order chi connectivity index (χ0) is 30.1. The Kier molecular flexibility index (Phi) is 11.3. The number of hydrogen-bond acceptors (Lipinski definition) is 7. The molecule has 0 aliphatic carbocycles. The normalized spacial score (nSPS) is 17.4. The molecule has 2 unspecified atom stereocenters. The Morgan fingerprint density at radius 2 is 1.76 bits per heavy atom. The van der Waals surface area contributed by atoms with Gasteiger partial charge in [0.15, 0.2) is 5.84 Å². The van der Waals surface area contributed by atoms with Gasteiger partial charge >= 0.3 is 0 Å². The van der Waals surface area contributed by atoms with E-state index in [1.54, 1.807) is 5.01 Å². The van der Waals surface area contributed by atoms with E-state index >= 15 is 0 Å². The van der Waals surface area contributed by atoms with Crippen LogP contribution in [0.2, 0.25) is 0 Å². The molecule has 2 aliphatic heterocycles. The lowest BCUT2D eigenvalue weighted by atomic mass is 10.00. The molecular weight excluding hydrogens is 524 g/mol. The molecule has 2 aromatic rings. The molecule has 2 atom stereocenters. The van der Waals surface area contributed by atoms with Crippen LogP contribution < -0.4 is 11.2 Å². The summed E-state index contributed by atoms with van der Waals surface area (Å²) in [6.45, 7) is 9.44. The van der Waals surface area contributed by atoms with Crippen molar-refractivity contribution in [3.63, 3.8) is 0 Å². The summed E-state index contributed by atoms with van der Waals surface area (Å²) in [6.07, 6.45) is 7.03. The van der Waals surface area contributed by atoms with Crippen LogP contribution in [0.1, 0.15) is 80.5 Å². The first kappa shape index (κ1) is 31.5. The molecular formula is C34H48N6O2. The molecule has 0 radical (unpaired) electrons. The van der Waals surface area contributed by atoms with Crippen LogP contribution in [0.3, 0.4) is 0 Å². The Bertz CT molecular complexity index is 1270. The van der Waals surface area contributed by atoms with Crippen molar-refractivity contribution in [3.8, 4) is 0 Å². The molecule has 2 aromatic carbocycles. The number of rotatable bonds is 15. The zero-order valence-corrected chi connectivity index (χ0v) is 26.0. The number of hydrazine groups is 1. The second-order valence-corrected chi connectivity index (χ2v) is 11.5. The van der Waals surface area contributed by atoms with Crippen LogP contribution in [-0.2, 0) is 4.74 Å². The molecule has 0 saturated heterocycles. The van der Waals surface area contributed by atoms with Crippen LogP contribution in [0, 0.1) is 0 Å². The number of amides is 1. The van der Waals surface area contributed by atoms with E-state index in [1.807, 2.05) is 62.8 Å². The Morgan fingerprint density at radius 3 is 2.45 bits per heavy atom. The maximum Gasteiger partial charge on any atom is 0.251 e. The minimum absolute atomic E-state index is 0.0516. The van der Waals surface area contributed by atoms with E-state index in [0.29, 0.717) is 18.7 Å². The molecule has 1 amide bonds. The fraction of sp³-hybridized carbons (Fsp3) is 0.471. The van der Waals surface area contributed by atoms with Gasteiger partial charge in [-0.2, -0.15) is 0 Å². The lowest BCUT2D eigenvalue weighted by molar-refractivity contribution is 0.0687. The predicted molar refractivity (Wildman–Crippen MR) is 171 cm³/mol. The lowest BCUT2D eigenvalue weighted by Crippen LogP contribution is -2.39. The number of fused-ring (bicyclic) bond motifs is 1. The van der Waals surface area contributed by atoms with Crippen molar-refractivity contribution in [2.75, 3.05) is 40.3 Å². The number of hydrogen-bond donors (Lipinski definition) is 2. The van der Waals surface area contributed by atoms with Crippen molar-refractivity contribution < 1.29 is 9.53 Å². The van der Waals surface area contributed by atoms with E-state index < -0.39 is 0 Å². The molecule has 4 rings (SSSR count). The number of nitrogens with one attached hydrogen (secondary N) is 1. The number of nitrogens with two attached hydrogens (primary N) is 1. The van der Waals surface area contributed by atoms with Gasteiger partial charge in [-0.3, -0.25) is 9.80 Å². The topological polar surface area (TPSA) is 86.4 Å². The summed E-state index contributed by atoms with van der Waals surface area (Å²) in [5, 5.41) is 4.77. The number of ether oxygens (including phenoxy) is 1. The Labute approximate surface area is 251 Å². The maximum absolute atomic E-state index is 12.9. The van der Waals surface area contributed by atoms with Gasteiger partial charge in [-0.15, -0.1) is 0 Å². The first-order chi connectivity index (χ1) is 20.3. The van der Waals surface area contributed by atoms with Crippen molar-refractivity contribution >= 4 is 11.7 Å². The number of allylic oxidation sites excluding steroid dienone is 2. The van der Waals surface area contributed by atoms with E-state index in [2.05, 4.69) is 48.0 Å². The van der Waals surface area contributed by atoms with E-state index in [0.717, 1.165) is 67.9 Å². The highest BCUT2D eigenvalue weighted by Gasteiger charge is 2.35. The third-order valence-corrected chi connectivity index (χ3v) is 7.98. The molecule has 0 fully saturated rings. The zero-order valence-electron chi connectivity index (χ0n) is 26.0. The van der Waals surface area contributed by atoms with E-state index in [1.165, 1.54) is 11.1 Å². The highest BCUT2D eigenvalue weighted by Crippen LogP contribution is 2.33. The lowest BCUT2D eigenvalue weighted by Gasteiger charge is -2.31.